The monoisotopic (exact) mass is 386 g/mol. The number of aryl methyl sites for hydroxylation is 2. The van der Waals surface area contributed by atoms with Gasteiger partial charge in [0.05, 0.1) is 17.5 Å². The Morgan fingerprint density at radius 3 is 2.00 bits per heavy atom. The van der Waals surface area contributed by atoms with Gasteiger partial charge in [0.1, 0.15) is 0 Å². The molecule has 0 radical (unpaired) electrons. The molecule has 1 saturated carbocycles. The third kappa shape index (κ3) is 2.64. The highest BCUT2D eigenvalue weighted by molar-refractivity contribution is 6.23. The average molecular weight is 386 g/mol. The van der Waals surface area contributed by atoms with Crippen molar-refractivity contribution >= 4 is 29.1 Å². The zero-order valence-electron chi connectivity index (χ0n) is 16.4. The lowest BCUT2D eigenvalue weighted by molar-refractivity contribution is -0.123. The molecule has 5 nitrogen and oxygen atoms in total. The van der Waals surface area contributed by atoms with E-state index in [0.717, 1.165) is 23.2 Å². The van der Waals surface area contributed by atoms with Gasteiger partial charge in [0.2, 0.25) is 11.8 Å². The number of nitrogens with one attached hydrogen (secondary N) is 1. The van der Waals surface area contributed by atoms with Gasteiger partial charge in [-0.05, 0) is 67.5 Å². The maximum atomic E-state index is 12.9. The fraction of sp³-hybridized carbons (Fsp3) is 0.292. The Hall–Kier alpha value is -3.21. The predicted octanol–water partition coefficient (Wildman–Crippen LogP) is 3.87. The van der Waals surface area contributed by atoms with E-state index in [4.69, 9.17) is 0 Å². The van der Waals surface area contributed by atoms with Gasteiger partial charge in [0, 0.05) is 11.3 Å². The Labute approximate surface area is 169 Å². The maximum absolute atomic E-state index is 12.9. The number of anilines is 2. The third-order valence-corrected chi connectivity index (χ3v) is 6.58. The summed E-state index contributed by atoms with van der Waals surface area (Å²) in [6.45, 7) is 3.91. The summed E-state index contributed by atoms with van der Waals surface area (Å²) in [6, 6.07) is 12.6. The molecule has 0 unspecified atom stereocenters. The quantitative estimate of drug-likeness (QED) is 0.643. The molecule has 1 saturated heterocycles. The molecule has 1 aliphatic heterocycles. The van der Waals surface area contributed by atoms with Crippen LogP contribution >= 0.6 is 0 Å². The van der Waals surface area contributed by atoms with E-state index in [-0.39, 0.29) is 41.4 Å². The van der Waals surface area contributed by atoms with Crippen LogP contribution in [0.5, 0.6) is 0 Å². The van der Waals surface area contributed by atoms with Crippen LogP contribution in [-0.4, -0.2) is 17.7 Å². The number of imide groups is 1. The second kappa shape index (κ2) is 6.41. The van der Waals surface area contributed by atoms with Crippen LogP contribution in [0.25, 0.3) is 0 Å². The van der Waals surface area contributed by atoms with Gasteiger partial charge in [-0.3, -0.25) is 19.3 Å². The number of amides is 3. The molecule has 146 valence electrons. The summed E-state index contributed by atoms with van der Waals surface area (Å²) in [5, 5.41) is 2.96. The fourth-order valence-corrected chi connectivity index (χ4v) is 5.12. The highest BCUT2D eigenvalue weighted by atomic mass is 16.2. The van der Waals surface area contributed by atoms with Gasteiger partial charge in [-0.2, -0.15) is 0 Å². The van der Waals surface area contributed by atoms with E-state index < -0.39 is 0 Å². The summed E-state index contributed by atoms with van der Waals surface area (Å²) in [7, 11) is 0. The summed E-state index contributed by atoms with van der Waals surface area (Å²) in [5.74, 6) is -0.488. The van der Waals surface area contributed by atoms with Gasteiger partial charge in [0.15, 0.2) is 0 Å². The molecule has 2 aromatic rings. The minimum atomic E-state index is -0.218. The number of nitrogens with zero attached hydrogens (tertiary/aromatic N) is 1. The van der Waals surface area contributed by atoms with Crippen molar-refractivity contribution in [2.45, 2.75) is 20.3 Å². The fourth-order valence-electron chi connectivity index (χ4n) is 5.12. The molecule has 29 heavy (non-hydrogen) atoms. The zero-order valence-corrected chi connectivity index (χ0v) is 16.4. The van der Waals surface area contributed by atoms with E-state index in [1.54, 1.807) is 24.3 Å². The van der Waals surface area contributed by atoms with Crippen molar-refractivity contribution in [2.24, 2.45) is 23.7 Å². The first-order valence-corrected chi connectivity index (χ1v) is 9.99. The van der Waals surface area contributed by atoms with Gasteiger partial charge in [-0.15, -0.1) is 0 Å². The first-order valence-electron chi connectivity index (χ1n) is 9.99. The van der Waals surface area contributed by atoms with Gasteiger partial charge < -0.3 is 5.32 Å². The Bertz CT molecular complexity index is 1020. The lowest BCUT2D eigenvalue weighted by Gasteiger charge is -2.17. The number of hydrogen-bond donors (Lipinski definition) is 1. The Morgan fingerprint density at radius 1 is 0.897 bits per heavy atom. The SMILES string of the molecule is Cc1cccc(C)c1NC(=O)c1ccc(N2C(=O)[C@@H]3[C@H](C2=O)[C@H]2C=C[C@H]3C2)cc1. The van der Waals surface area contributed by atoms with Crippen molar-refractivity contribution in [3.8, 4) is 0 Å². The van der Waals surface area contributed by atoms with Crippen LogP contribution in [0.3, 0.4) is 0 Å². The van der Waals surface area contributed by atoms with Gasteiger partial charge in [0.25, 0.3) is 5.91 Å². The number of carbonyl (C=O) groups excluding carboxylic acids is 3. The molecular formula is C24H22N2O3. The number of para-hydroxylation sites is 1. The molecular weight excluding hydrogens is 364 g/mol. The van der Waals surface area contributed by atoms with E-state index in [2.05, 4.69) is 17.5 Å². The molecule has 0 spiro atoms. The summed E-state index contributed by atoms with van der Waals surface area (Å²) >= 11 is 0. The molecule has 2 bridgehead atoms. The second-order valence-corrected chi connectivity index (χ2v) is 8.28. The normalized spacial score (nSPS) is 26.9. The van der Waals surface area contributed by atoms with Crippen molar-refractivity contribution < 1.29 is 14.4 Å². The predicted molar refractivity (Wildman–Crippen MR) is 111 cm³/mol. The first kappa shape index (κ1) is 17.9. The molecule has 2 fully saturated rings. The van der Waals surface area contributed by atoms with Crippen LogP contribution in [0.1, 0.15) is 27.9 Å². The third-order valence-electron chi connectivity index (χ3n) is 6.58. The molecule has 5 rings (SSSR count). The molecule has 3 amide bonds. The van der Waals surface area contributed by atoms with Crippen molar-refractivity contribution in [2.75, 3.05) is 10.2 Å². The van der Waals surface area contributed by atoms with E-state index in [0.29, 0.717) is 11.3 Å². The van der Waals surface area contributed by atoms with E-state index in [9.17, 15) is 14.4 Å². The van der Waals surface area contributed by atoms with Crippen molar-refractivity contribution in [1.29, 1.82) is 0 Å². The van der Waals surface area contributed by atoms with E-state index in [1.807, 2.05) is 32.0 Å². The van der Waals surface area contributed by atoms with Crippen LogP contribution in [-0.2, 0) is 9.59 Å². The van der Waals surface area contributed by atoms with Crippen LogP contribution in [0, 0.1) is 37.5 Å². The lowest BCUT2D eigenvalue weighted by atomic mass is 9.85. The highest BCUT2D eigenvalue weighted by Gasteiger charge is 2.59. The topological polar surface area (TPSA) is 66.5 Å². The standard InChI is InChI=1S/C24H22N2O3/c1-13-4-3-5-14(2)21(13)25-22(27)15-8-10-18(11-9-15)26-23(28)19-16-6-7-17(12-16)20(19)24(26)29/h3-11,16-17,19-20H,12H2,1-2H3,(H,25,27)/t16-,17-,19-,20+/m0/s1. The van der Waals surface area contributed by atoms with Crippen LogP contribution in [0.2, 0.25) is 0 Å². The minimum absolute atomic E-state index is 0.107. The minimum Gasteiger partial charge on any atom is -0.322 e. The van der Waals surface area contributed by atoms with Crippen molar-refractivity contribution in [3.63, 3.8) is 0 Å². The summed E-state index contributed by atoms with van der Waals surface area (Å²) in [4.78, 5) is 39.8. The summed E-state index contributed by atoms with van der Waals surface area (Å²) in [5.41, 5.74) is 3.83. The number of carbonyl (C=O) groups is 3. The molecule has 2 aromatic carbocycles. The number of rotatable bonds is 3. The smallest absolute Gasteiger partial charge is 0.255 e. The number of hydrogen-bond acceptors (Lipinski definition) is 3. The van der Waals surface area contributed by atoms with Gasteiger partial charge in [-0.1, -0.05) is 30.4 Å². The van der Waals surface area contributed by atoms with Crippen LogP contribution in [0.15, 0.2) is 54.6 Å². The summed E-state index contributed by atoms with van der Waals surface area (Å²) in [6.07, 6.45) is 5.08. The number of allylic oxidation sites excluding steroid dienone is 2. The molecule has 1 N–H and O–H groups in total. The molecule has 5 heteroatoms. The molecule has 4 atom stereocenters. The maximum Gasteiger partial charge on any atom is 0.255 e. The molecule has 3 aliphatic rings. The van der Waals surface area contributed by atoms with Crippen LogP contribution < -0.4 is 10.2 Å². The van der Waals surface area contributed by atoms with Gasteiger partial charge in [-0.25, -0.2) is 0 Å². The lowest BCUT2D eigenvalue weighted by Crippen LogP contribution is -2.32. The largest absolute Gasteiger partial charge is 0.322 e. The zero-order chi connectivity index (χ0) is 20.3. The molecule has 1 heterocycles. The Kier molecular flexibility index (Phi) is 3.95. The first-order chi connectivity index (χ1) is 14.0. The van der Waals surface area contributed by atoms with Gasteiger partial charge >= 0.3 is 0 Å². The Morgan fingerprint density at radius 2 is 1.45 bits per heavy atom. The summed E-state index contributed by atoms with van der Waals surface area (Å²) < 4.78 is 0. The van der Waals surface area contributed by atoms with E-state index in [1.165, 1.54) is 4.90 Å². The van der Waals surface area contributed by atoms with Crippen molar-refractivity contribution in [1.82, 2.24) is 0 Å². The second-order valence-electron chi connectivity index (χ2n) is 8.28. The van der Waals surface area contributed by atoms with Crippen molar-refractivity contribution in [3.05, 3.63) is 71.3 Å². The average Bonchev–Trinajstić information content (AvgIpc) is 3.39. The Balaban J connectivity index is 1.36. The van der Waals surface area contributed by atoms with Crippen LogP contribution in [0.4, 0.5) is 11.4 Å². The molecule has 2 aliphatic carbocycles. The number of fused-ring (bicyclic) bond motifs is 5. The van der Waals surface area contributed by atoms with E-state index >= 15 is 0 Å². The number of benzene rings is 2. The molecule has 0 aromatic heterocycles. The highest BCUT2D eigenvalue weighted by Crippen LogP contribution is 2.53.